The van der Waals surface area contributed by atoms with Crippen molar-refractivity contribution in [2.75, 3.05) is 12.0 Å². The highest BCUT2D eigenvalue weighted by molar-refractivity contribution is 7.90. The van der Waals surface area contributed by atoms with Crippen molar-refractivity contribution in [2.45, 2.75) is 32.8 Å². The van der Waals surface area contributed by atoms with Crippen molar-refractivity contribution >= 4 is 9.84 Å². The van der Waals surface area contributed by atoms with Gasteiger partial charge in [0, 0.05) is 12.0 Å². The summed E-state index contributed by atoms with van der Waals surface area (Å²) in [5.41, 5.74) is 3.11. The molecule has 0 spiro atoms. The van der Waals surface area contributed by atoms with Crippen LogP contribution in [-0.2, 0) is 9.84 Å². The maximum absolute atomic E-state index is 11.0. The normalized spacial score (nSPS) is 13.6. The first-order valence-corrected chi connectivity index (χ1v) is 7.78. The summed E-state index contributed by atoms with van der Waals surface area (Å²) in [5, 5.41) is 9.99. The number of benzene rings is 1. The summed E-state index contributed by atoms with van der Waals surface area (Å²) in [4.78, 5) is 0. The van der Waals surface area contributed by atoms with Gasteiger partial charge in [-0.1, -0.05) is 23.8 Å². The van der Waals surface area contributed by atoms with Gasteiger partial charge in [-0.05, 0) is 37.8 Å². The second-order valence-corrected chi connectivity index (χ2v) is 6.91. The molecule has 0 aromatic heterocycles. The van der Waals surface area contributed by atoms with Crippen LogP contribution >= 0.6 is 0 Å². The van der Waals surface area contributed by atoms with Crippen LogP contribution in [0.2, 0.25) is 0 Å². The van der Waals surface area contributed by atoms with Crippen molar-refractivity contribution < 1.29 is 13.5 Å². The maximum atomic E-state index is 11.0. The number of hydrogen-bond donors (Lipinski definition) is 1. The molecule has 0 saturated heterocycles. The number of hydrogen-bond acceptors (Lipinski definition) is 3. The molecule has 0 aliphatic carbocycles. The van der Waals surface area contributed by atoms with Gasteiger partial charge in [-0.25, -0.2) is 8.42 Å². The second-order valence-electron chi connectivity index (χ2n) is 4.65. The Morgan fingerprint density at radius 1 is 1.29 bits per heavy atom. The van der Waals surface area contributed by atoms with Crippen LogP contribution in [0.5, 0.6) is 0 Å². The predicted octanol–water partition coefficient (Wildman–Crippen LogP) is 2.16. The molecule has 0 bridgehead atoms. The highest BCUT2D eigenvalue weighted by Gasteiger charge is 2.11. The zero-order valence-electron chi connectivity index (χ0n) is 10.6. The SMILES string of the molecule is Cc1ccc(C(O)CCCS(C)(=O)=O)c(C)c1. The van der Waals surface area contributed by atoms with Crippen LogP contribution in [0.1, 0.15) is 35.6 Å². The van der Waals surface area contributed by atoms with E-state index in [1.54, 1.807) is 0 Å². The van der Waals surface area contributed by atoms with Gasteiger partial charge in [0.2, 0.25) is 0 Å². The quantitative estimate of drug-likeness (QED) is 0.878. The van der Waals surface area contributed by atoms with Gasteiger partial charge in [-0.2, -0.15) is 0 Å². The molecular formula is C13H20O3S. The molecule has 1 rings (SSSR count). The van der Waals surface area contributed by atoms with E-state index in [9.17, 15) is 13.5 Å². The van der Waals surface area contributed by atoms with Crippen LogP contribution < -0.4 is 0 Å². The number of aliphatic hydroxyl groups excluding tert-OH is 1. The molecule has 96 valence electrons. The summed E-state index contributed by atoms with van der Waals surface area (Å²) < 4.78 is 22.0. The van der Waals surface area contributed by atoms with Gasteiger partial charge in [0.1, 0.15) is 9.84 Å². The Kier molecular flexibility index (Phi) is 4.71. The Bertz CT molecular complexity index is 477. The summed E-state index contributed by atoms with van der Waals surface area (Å²) in [7, 11) is -2.93. The molecule has 1 aromatic rings. The molecule has 0 saturated carbocycles. The van der Waals surface area contributed by atoms with E-state index in [1.165, 1.54) is 6.26 Å². The maximum Gasteiger partial charge on any atom is 0.147 e. The molecule has 0 radical (unpaired) electrons. The van der Waals surface area contributed by atoms with Crippen LogP contribution in [0.15, 0.2) is 18.2 Å². The number of sulfone groups is 1. The standard InChI is InChI=1S/C13H20O3S/c1-10-6-7-12(11(2)9-10)13(14)5-4-8-17(3,15)16/h6-7,9,13-14H,4-5,8H2,1-3H3. The first-order valence-electron chi connectivity index (χ1n) is 5.72. The predicted molar refractivity (Wildman–Crippen MR) is 69.8 cm³/mol. The lowest BCUT2D eigenvalue weighted by Gasteiger charge is -2.14. The number of aliphatic hydroxyl groups is 1. The third-order valence-corrected chi connectivity index (χ3v) is 3.81. The van der Waals surface area contributed by atoms with Crippen molar-refractivity contribution in [1.82, 2.24) is 0 Å². The van der Waals surface area contributed by atoms with Crippen LogP contribution in [0.3, 0.4) is 0 Å². The van der Waals surface area contributed by atoms with Gasteiger partial charge in [-0.15, -0.1) is 0 Å². The van der Waals surface area contributed by atoms with E-state index in [0.29, 0.717) is 12.8 Å². The highest BCUT2D eigenvalue weighted by Crippen LogP contribution is 2.22. The van der Waals surface area contributed by atoms with Gasteiger partial charge in [0.05, 0.1) is 6.10 Å². The number of aryl methyl sites for hydroxylation is 2. The molecule has 0 fully saturated rings. The smallest absolute Gasteiger partial charge is 0.147 e. The van der Waals surface area contributed by atoms with Crippen LogP contribution in [-0.4, -0.2) is 25.5 Å². The van der Waals surface area contributed by atoms with Crippen molar-refractivity contribution in [3.63, 3.8) is 0 Å². The Labute approximate surface area is 103 Å². The van der Waals surface area contributed by atoms with Crippen molar-refractivity contribution in [2.24, 2.45) is 0 Å². The van der Waals surface area contributed by atoms with Crippen LogP contribution in [0.4, 0.5) is 0 Å². The first kappa shape index (κ1) is 14.2. The minimum atomic E-state index is -2.93. The Morgan fingerprint density at radius 2 is 1.94 bits per heavy atom. The van der Waals surface area contributed by atoms with Gasteiger partial charge >= 0.3 is 0 Å². The van der Waals surface area contributed by atoms with E-state index in [-0.39, 0.29) is 5.75 Å². The molecule has 3 nitrogen and oxygen atoms in total. The molecule has 0 amide bonds. The van der Waals surface area contributed by atoms with E-state index in [2.05, 4.69) is 0 Å². The summed E-state index contributed by atoms with van der Waals surface area (Å²) in [6.07, 6.45) is 1.62. The lowest BCUT2D eigenvalue weighted by atomic mass is 9.98. The topological polar surface area (TPSA) is 54.4 Å². The Morgan fingerprint density at radius 3 is 2.47 bits per heavy atom. The third-order valence-electron chi connectivity index (χ3n) is 2.78. The molecule has 1 N–H and O–H groups in total. The minimum absolute atomic E-state index is 0.134. The summed E-state index contributed by atoms with van der Waals surface area (Å²) in [6.45, 7) is 3.97. The van der Waals surface area contributed by atoms with Gasteiger partial charge in [0.15, 0.2) is 0 Å². The largest absolute Gasteiger partial charge is 0.388 e. The van der Waals surface area contributed by atoms with Crippen molar-refractivity contribution in [3.8, 4) is 0 Å². The fourth-order valence-corrected chi connectivity index (χ4v) is 2.58. The van der Waals surface area contributed by atoms with Gasteiger partial charge in [-0.3, -0.25) is 0 Å². The molecule has 0 aliphatic rings. The Hall–Kier alpha value is -0.870. The van der Waals surface area contributed by atoms with Crippen LogP contribution in [0, 0.1) is 13.8 Å². The van der Waals surface area contributed by atoms with Gasteiger partial charge in [0.25, 0.3) is 0 Å². The van der Waals surface area contributed by atoms with E-state index >= 15 is 0 Å². The molecular weight excluding hydrogens is 236 g/mol. The van der Waals surface area contributed by atoms with E-state index < -0.39 is 15.9 Å². The summed E-state index contributed by atoms with van der Waals surface area (Å²) in [6, 6.07) is 5.90. The van der Waals surface area contributed by atoms with Gasteiger partial charge < -0.3 is 5.11 Å². The van der Waals surface area contributed by atoms with E-state index in [1.807, 2.05) is 32.0 Å². The molecule has 4 heteroatoms. The molecule has 0 aliphatic heterocycles. The zero-order valence-corrected chi connectivity index (χ0v) is 11.4. The minimum Gasteiger partial charge on any atom is -0.388 e. The second kappa shape index (κ2) is 5.65. The third kappa shape index (κ3) is 4.88. The summed E-state index contributed by atoms with van der Waals surface area (Å²) >= 11 is 0. The molecule has 1 aromatic carbocycles. The number of rotatable bonds is 5. The average molecular weight is 256 g/mol. The Balaban J connectivity index is 2.61. The lowest BCUT2D eigenvalue weighted by molar-refractivity contribution is 0.166. The highest BCUT2D eigenvalue weighted by atomic mass is 32.2. The zero-order chi connectivity index (χ0) is 13.1. The van der Waals surface area contributed by atoms with E-state index in [4.69, 9.17) is 0 Å². The van der Waals surface area contributed by atoms with E-state index in [0.717, 1.165) is 16.7 Å². The monoisotopic (exact) mass is 256 g/mol. The van der Waals surface area contributed by atoms with Crippen LogP contribution in [0.25, 0.3) is 0 Å². The lowest BCUT2D eigenvalue weighted by Crippen LogP contribution is -2.06. The molecule has 17 heavy (non-hydrogen) atoms. The molecule has 1 atom stereocenters. The first-order chi connectivity index (χ1) is 7.79. The molecule has 1 unspecified atom stereocenters. The summed E-state index contributed by atoms with van der Waals surface area (Å²) in [5.74, 6) is 0.134. The van der Waals surface area contributed by atoms with Crippen molar-refractivity contribution in [3.05, 3.63) is 34.9 Å². The fraction of sp³-hybridized carbons (Fsp3) is 0.538. The fourth-order valence-electron chi connectivity index (χ4n) is 1.89. The van der Waals surface area contributed by atoms with Crippen molar-refractivity contribution in [1.29, 1.82) is 0 Å². The average Bonchev–Trinajstić information content (AvgIpc) is 2.15. The molecule has 0 heterocycles.